The third-order valence-electron chi connectivity index (χ3n) is 5.80. The van der Waals surface area contributed by atoms with Gasteiger partial charge in [0.2, 0.25) is 5.91 Å². The van der Waals surface area contributed by atoms with Crippen LogP contribution in [0.15, 0.2) is 29.2 Å². The number of nitrogens with zero attached hydrogens (tertiary/aromatic N) is 3. The van der Waals surface area contributed by atoms with Crippen molar-refractivity contribution in [3.8, 4) is 11.4 Å². The number of hydrogen-bond donors (Lipinski definition) is 2. The van der Waals surface area contributed by atoms with Gasteiger partial charge in [0, 0.05) is 32.0 Å². The Morgan fingerprint density at radius 3 is 2.48 bits per heavy atom. The molecular formula is C23H33N5O4S. The van der Waals surface area contributed by atoms with Crippen molar-refractivity contribution < 1.29 is 18.0 Å². The lowest BCUT2D eigenvalue weighted by molar-refractivity contribution is -0.124. The van der Waals surface area contributed by atoms with Gasteiger partial charge >= 0.3 is 0 Å². The Labute approximate surface area is 195 Å². The number of fused-ring (bicyclic) bond motifs is 1. The summed E-state index contributed by atoms with van der Waals surface area (Å²) >= 11 is 0. The fourth-order valence-corrected chi connectivity index (χ4v) is 4.67. The van der Waals surface area contributed by atoms with Crippen LogP contribution in [0, 0.1) is 5.41 Å². The van der Waals surface area contributed by atoms with Gasteiger partial charge in [-0.3, -0.25) is 9.59 Å². The van der Waals surface area contributed by atoms with E-state index in [0.717, 1.165) is 24.9 Å². The third kappa shape index (κ3) is 5.44. The summed E-state index contributed by atoms with van der Waals surface area (Å²) in [6.45, 7) is 7.68. The minimum atomic E-state index is -3.39. The zero-order valence-corrected chi connectivity index (χ0v) is 20.9. The smallest absolute Gasteiger partial charge is 0.272 e. The van der Waals surface area contributed by atoms with Crippen LogP contribution in [0.5, 0.6) is 0 Å². The summed E-state index contributed by atoms with van der Waals surface area (Å²) in [6, 6.07) is 5.86. The molecule has 1 aromatic carbocycles. The lowest BCUT2D eigenvalue weighted by Gasteiger charge is -2.29. The summed E-state index contributed by atoms with van der Waals surface area (Å²) in [5.74, 6) is -0.161. The van der Waals surface area contributed by atoms with Crippen molar-refractivity contribution in [3.05, 3.63) is 35.7 Å². The molecule has 1 aromatic heterocycles. The largest absolute Gasteiger partial charge is 0.357 e. The Morgan fingerprint density at radius 2 is 1.88 bits per heavy atom. The molecule has 3 rings (SSSR count). The normalized spacial score (nSPS) is 15.9. The maximum absolute atomic E-state index is 13.4. The molecule has 0 aliphatic carbocycles. The summed E-state index contributed by atoms with van der Waals surface area (Å²) in [6.07, 6.45) is 2.03. The van der Waals surface area contributed by atoms with Crippen molar-refractivity contribution in [1.29, 1.82) is 0 Å². The Balaban J connectivity index is 2.11. The molecule has 2 N–H and O–H groups in total. The quantitative estimate of drug-likeness (QED) is 0.680. The van der Waals surface area contributed by atoms with Crippen LogP contribution in [-0.2, 0) is 27.7 Å². The first-order valence-corrected chi connectivity index (χ1v) is 12.8. The van der Waals surface area contributed by atoms with Crippen molar-refractivity contribution in [2.75, 3.05) is 26.9 Å². The second-order valence-electron chi connectivity index (χ2n) is 9.66. The zero-order chi connectivity index (χ0) is 24.6. The van der Waals surface area contributed by atoms with Crippen molar-refractivity contribution in [2.45, 2.75) is 51.2 Å². The highest BCUT2D eigenvalue weighted by Crippen LogP contribution is 2.28. The second-order valence-corrected chi connectivity index (χ2v) is 11.7. The van der Waals surface area contributed by atoms with E-state index in [1.165, 1.54) is 7.05 Å². The van der Waals surface area contributed by atoms with Gasteiger partial charge < -0.3 is 20.1 Å². The molecular weight excluding hydrogens is 442 g/mol. The standard InChI is InChI=1S/C23H33N5O4S/c1-23(2,3)19(22(30)24-4)26-21(29)18-17-14-27(5)11-8-12-28(17)20(25-18)15-9-7-10-16(13-15)33(6,31)32/h7,9-10,13,19H,8,11-12,14H2,1-6H3,(H,24,30)(H,26,29)/t19-/m1/s1. The lowest BCUT2D eigenvalue weighted by Crippen LogP contribution is -2.53. The first-order valence-electron chi connectivity index (χ1n) is 10.9. The average Bonchev–Trinajstić information content (AvgIpc) is 2.96. The van der Waals surface area contributed by atoms with Crippen LogP contribution in [-0.4, -0.2) is 67.6 Å². The minimum Gasteiger partial charge on any atom is -0.357 e. The number of hydrogen-bond acceptors (Lipinski definition) is 6. The van der Waals surface area contributed by atoms with Gasteiger partial charge in [0.25, 0.3) is 5.91 Å². The molecule has 1 aliphatic rings. The Hall–Kier alpha value is -2.72. The van der Waals surface area contributed by atoms with E-state index < -0.39 is 27.2 Å². The van der Waals surface area contributed by atoms with Crippen LogP contribution in [0.4, 0.5) is 0 Å². The monoisotopic (exact) mass is 475 g/mol. The molecule has 0 saturated carbocycles. The summed E-state index contributed by atoms with van der Waals surface area (Å²) in [7, 11) is 0.129. The number of amides is 2. The van der Waals surface area contributed by atoms with E-state index >= 15 is 0 Å². The van der Waals surface area contributed by atoms with E-state index in [2.05, 4.69) is 20.5 Å². The number of nitrogens with one attached hydrogen (secondary N) is 2. The van der Waals surface area contributed by atoms with Crippen LogP contribution >= 0.6 is 0 Å². The molecule has 10 heteroatoms. The van der Waals surface area contributed by atoms with E-state index in [1.807, 2.05) is 32.4 Å². The topological polar surface area (TPSA) is 113 Å². The number of rotatable bonds is 5. The molecule has 0 bridgehead atoms. The van der Waals surface area contributed by atoms with Gasteiger partial charge in [-0.2, -0.15) is 0 Å². The van der Waals surface area contributed by atoms with E-state index in [4.69, 9.17) is 0 Å². The van der Waals surface area contributed by atoms with Crippen LogP contribution in [0.25, 0.3) is 11.4 Å². The van der Waals surface area contributed by atoms with Crippen LogP contribution in [0.2, 0.25) is 0 Å². The predicted octanol–water partition coefficient (Wildman–Crippen LogP) is 1.68. The summed E-state index contributed by atoms with van der Waals surface area (Å²) in [5, 5.41) is 5.48. The average molecular weight is 476 g/mol. The van der Waals surface area contributed by atoms with Gasteiger partial charge in [-0.05, 0) is 37.6 Å². The number of likely N-dealkylation sites (N-methyl/N-ethyl adjacent to an activating group) is 1. The summed E-state index contributed by atoms with van der Waals surface area (Å²) in [5.41, 5.74) is 1.12. The summed E-state index contributed by atoms with van der Waals surface area (Å²) in [4.78, 5) is 32.9. The van der Waals surface area contributed by atoms with Crippen molar-refractivity contribution in [3.63, 3.8) is 0 Å². The van der Waals surface area contributed by atoms with E-state index in [9.17, 15) is 18.0 Å². The second kappa shape index (κ2) is 9.26. The minimum absolute atomic E-state index is 0.196. The maximum atomic E-state index is 13.4. The Bertz CT molecular complexity index is 1160. The molecule has 0 fully saturated rings. The third-order valence-corrected chi connectivity index (χ3v) is 6.91. The highest BCUT2D eigenvalue weighted by molar-refractivity contribution is 7.90. The lowest BCUT2D eigenvalue weighted by atomic mass is 9.86. The maximum Gasteiger partial charge on any atom is 0.272 e. The van der Waals surface area contributed by atoms with Gasteiger partial charge in [0.15, 0.2) is 15.5 Å². The van der Waals surface area contributed by atoms with Gasteiger partial charge in [-0.1, -0.05) is 32.9 Å². The molecule has 0 unspecified atom stereocenters. The molecule has 33 heavy (non-hydrogen) atoms. The van der Waals surface area contributed by atoms with Gasteiger partial charge in [-0.15, -0.1) is 0 Å². The number of benzene rings is 1. The first-order chi connectivity index (χ1) is 15.3. The molecule has 0 radical (unpaired) electrons. The molecule has 2 amide bonds. The Kier molecular flexibility index (Phi) is 6.99. The van der Waals surface area contributed by atoms with E-state index in [1.54, 1.807) is 24.3 Å². The fourth-order valence-electron chi connectivity index (χ4n) is 4.01. The van der Waals surface area contributed by atoms with Gasteiger partial charge in [-0.25, -0.2) is 13.4 Å². The Morgan fingerprint density at radius 1 is 1.18 bits per heavy atom. The molecule has 1 aliphatic heterocycles. The fraction of sp³-hybridized carbons (Fsp3) is 0.522. The van der Waals surface area contributed by atoms with Crippen LogP contribution in [0.3, 0.4) is 0 Å². The highest BCUT2D eigenvalue weighted by Gasteiger charge is 2.34. The number of carbonyl (C=O) groups is 2. The first kappa shape index (κ1) is 24.9. The highest BCUT2D eigenvalue weighted by atomic mass is 32.2. The van der Waals surface area contributed by atoms with E-state index in [0.29, 0.717) is 24.5 Å². The van der Waals surface area contributed by atoms with Crippen molar-refractivity contribution >= 4 is 21.7 Å². The van der Waals surface area contributed by atoms with Gasteiger partial charge in [0.1, 0.15) is 11.9 Å². The van der Waals surface area contributed by atoms with Crippen LogP contribution in [0.1, 0.15) is 43.4 Å². The van der Waals surface area contributed by atoms with Gasteiger partial charge in [0.05, 0.1) is 10.6 Å². The summed E-state index contributed by atoms with van der Waals surface area (Å²) < 4.78 is 26.2. The molecule has 0 saturated heterocycles. The molecule has 1 atom stereocenters. The van der Waals surface area contributed by atoms with E-state index in [-0.39, 0.29) is 16.5 Å². The van der Waals surface area contributed by atoms with Crippen LogP contribution < -0.4 is 10.6 Å². The number of aromatic nitrogens is 2. The molecule has 0 spiro atoms. The molecule has 9 nitrogen and oxygen atoms in total. The molecule has 180 valence electrons. The van der Waals surface area contributed by atoms with Crippen molar-refractivity contribution in [1.82, 2.24) is 25.1 Å². The zero-order valence-electron chi connectivity index (χ0n) is 20.1. The number of imidazole rings is 1. The number of carbonyl (C=O) groups excluding carboxylic acids is 2. The SMILES string of the molecule is CNC(=O)[C@@H](NC(=O)c1nc(-c2cccc(S(C)(=O)=O)c2)n2c1CN(C)CCC2)C(C)(C)C. The van der Waals surface area contributed by atoms with Crippen molar-refractivity contribution in [2.24, 2.45) is 5.41 Å². The number of sulfone groups is 1. The molecule has 2 heterocycles. The predicted molar refractivity (Wildman–Crippen MR) is 126 cm³/mol. The molecule has 2 aromatic rings.